The molecule has 37 heavy (non-hydrogen) atoms. The number of carbonyl (C=O) groups excluding carboxylic acids is 2. The van der Waals surface area contributed by atoms with Crippen LogP contribution in [0.4, 0.5) is 8.78 Å². The van der Waals surface area contributed by atoms with E-state index in [1.807, 2.05) is 0 Å². The smallest absolute Gasteiger partial charge is 0.255 e. The SMILES string of the molecule is CC(=O)N[C@H]1CC[C@H](NC(=O)c2c(C)[nH]c3c(-c4c(OCC5CC5)ccc(C)c4F)ncnc23)[C@H](F)C1. The lowest BCUT2D eigenvalue weighted by molar-refractivity contribution is -0.120. The van der Waals surface area contributed by atoms with E-state index in [-0.39, 0.29) is 29.5 Å². The molecule has 3 N–H and O–H groups in total. The summed E-state index contributed by atoms with van der Waals surface area (Å²) < 4.78 is 36.3. The number of H-pyrrole nitrogens is 1. The van der Waals surface area contributed by atoms with E-state index in [4.69, 9.17) is 4.74 Å². The standard InChI is InChI=1S/C27H31F2N5O3/c1-13-4-9-20(37-11-16-5-6-16)22(23(13)29)25-26-24(30-12-31-25)21(14(2)32-26)27(36)34-19-8-7-17(10-18(19)28)33-15(3)35/h4,9,12,16-19,32H,5-8,10-11H2,1-3H3,(H,33,35)(H,34,36)/t17-,18+,19-/m0/s1. The van der Waals surface area contributed by atoms with E-state index in [9.17, 15) is 14.0 Å². The molecule has 3 aromatic rings. The van der Waals surface area contributed by atoms with Crippen molar-refractivity contribution >= 4 is 22.8 Å². The summed E-state index contributed by atoms with van der Waals surface area (Å²) in [7, 11) is 0. The molecule has 0 bridgehead atoms. The van der Waals surface area contributed by atoms with Crippen LogP contribution < -0.4 is 15.4 Å². The van der Waals surface area contributed by atoms with Crippen molar-refractivity contribution in [2.45, 2.75) is 71.1 Å². The van der Waals surface area contributed by atoms with Gasteiger partial charge >= 0.3 is 0 Å². The Morgan fingerprint density at radius 1 is 1.14 bits per heavy atom. The first-order valence-electron chi connectivity index (χ1n) is 12.7. The second-order valence-corrected chi connectivity index (χ2v) is 10.2. The normalized spacial score (nSPS) is 21.6. The van der Waals surface area contributed by atoms with Crippen LogP contribution in [0.1, 0.15) is 60.6 Å². The highest BCUT2D eigenvalue weighted by Gasteiger charge is 2.33. The number of fused-ring (bicyclic) bond motifs is 1. The Morgan fingerprint density at radius 3 is 2.62 bits per heavy atom. The molecule has 8 nitrogen and oxygen atoms in total. The van der Waals surface area contributed by atoms with Crippen molar-refractivity contribution in [3.8, 4) is 17.0 Å². The van der Waals surface area contributed by atoms with Crippen LogP contribution in [0.3, 0.4) is 0 Å². The minimum absolute atomic E-state index is 0.139. The molecule has 2 heterocycles. The summed E-state index contributed by atoms with van der Waals surface area (Å²) in [5.74, 6) is -0.227. The lowest BCUT2D eigenvalue weighted by atomic mass is 9.89. The van der Waals surface area contributed by atoms with Gasteiger partial charge in [0.25, 0.3) is 5.91 Å². The topological polar surface area (TPSA) is 109 Å². The molecule has 2 saturated carbocycles. The number of aromatic amines is 1. The number of carbonyl (C=O) groups is 2. The van der Waals surface area contributed by atoms with Crippen molar-refractivity contribution in [2.24, 2.45) is 5.92 Å². The zero-order valence-corrected chi connectivity index (χ0v) is 21.2. The van der Waals surface area contributed by atoms with Crippen LogP contribution in [0, 0.1) is 25.6 Å². The summed E-state index contributed by atoms with van der Waals surface area (Å²) in [6.45, 7) is 5.31. The summed E-state index contributed by atoms with van der Waals surface area (Å²) in [5.41, 5.74) is 2.51. The van der Waals surface area contributed by atoms with Gasteiger partial charge in [0.2, 0.25) is 5.91 Å². The van der Waals surface area contributed by atoms with Gasteiger partial charge in [-0.2, -0.15) is 0 Å². The van der Waals surface area contributed by atoms with Gasteiger partial charge in [-0.1, -0.05) is 6.07 Å². The van der Waals surface area contributed by atoms with E-state index in [1.54, 1.807) is 26.0 Å². The third kappa shape index (κ3) is 5.14. The average Bonchev–Trinajstić information content (AvgIpc) is 3.61. The van der Waals surface area contributed by atoms with E-state index in [1.165, 1.54) is 13.3 Å². The molecular formula is C27H31F2N5O3. The molecular weight excluding hydrogens is 480 g/mol. The van der Waals surface area contributed by atoms with Gasteiger partial charge < -0.3 is 20.4 Å². The minimum Gasteiger partial charge on any atom is -0.492 e. The molecule has 2 aromatic heterocycles. The highest BCUT2D eigenvalue weighted by Crippen LogP contribution is 2.39. The number of hydrogen-bond donors (Lipinski definition) is 3. The maximum absolute atomic E-state index is 15.4. The van der Waals surface area contributed by atoms with E-state index in [2.05, 4.69) is 25.6 Å². The second-order valence-electron chi connectivity index (χ2n) is 10.2. The largest absolute Gasteiger partial charge is 0.492 e. The Bertz CT molecular complexity index is 1350. The summed E-state index contributed by atoms with van der Waals surface area (Å²) in [6, 6.07) is 2.49. The van der Waals surface area contributed by atoms with Gasteiger partial charge in [-0.15, -0.1) is 0 Å². The third-order valence-electron chi connectivity index (χ3n) is 7.20. The number of nitrogens with one attached hydrogen (secondary N) is 3. The number of alkyl halides is 1. The lowest BCUT2D eigenvalue weighted by Crippen LogP contribution is -2.49. The highest BCUT2D eigenvalue weighted by molar-refractivity contribution is 6.09. The van der Waals surface area contributed by atoms with Gasteiger partial charge in [0.05, 0.1) is 29.3 Å². The van der Waals surface area contributed by atoms with Crippen molar-refractivity contribution in [1.82, 2.24) is 25.6 Å². The molecule has 10 heteroatoms. The Morgan fingerprint density at radius 2 is 1.92 bits per heavy atom. The molecule has 2 fully saturated rings. The molecule has 5 rings (SSSR count). The van der Waals surface area contributed by atoms with Gasteiger partial charge in [-0.05, 0) is 57.1 Å². The van der Waals surface area contributed by atoms with Gasteiger partial charge in [0.15, 0.2) is 0 Å². The first kappa shape index (κ1) is 25.1. The molecule has 3 atom stereocenters. The van der Waals surface area contributed by atoms with E-state index in [0.717, 1.165) is 12.8 Å². The Hall–Kier alpha value is -3.56. The fourth-order valence-corrected chi connectivity index (χ4v) is 5.02. The number of amides is 2. The predicted molar refractivity (Wildman–Crippen MR) is 135 cm³/mol. The van der Waals surface area contributed by atoms with Crippen LogP contribution in [0.2, 0.25) is 0 Å². The number of halogens is 2. The molecule has 2 amide bonds. The molecule has 0 saturated heterocycles. The monoisotopic (exact) mass is 511 g/mol. The van der Waals surface area contributed by atoms with Crippen molar-refractivity contribution in [2.75, 3.05) is 6.61 Å². The maximum atomic E-state index is 15.4. The van der Waals surface area contributed by atoms with E-state index < -0.39 is 23.9 Å². The summed E-state index contributed by atoms with van der Waals surface area (Å²) in [4.78, 5) is 36.5. The van der Waals surface area contributed by atoms with Gasteiger partial charge in [0, 0.05) is 25.1 Å². The van der Waals surface area contributed by atoms with Crippen LogP contribution in [0.5, 0.6) is 5.75 Å². The second kappa shape index (κ2) is 10.1. The molecule has 0 aliphatic heterocycles. The van der Waals surface area contributed by atoms with Crippen molar-refractivity contribution in [1.29, 1.82) is 0 Å². The van der Waals surface area contributed by atoms with Crippen LogP contribution >= 0.6 is 0 Å². The zero-order valence-electron chi connectivity index (χ0n) is 21.2. The first-order chi connectivity index (χ1) is 17.7. The fourth-order valence-electron chi connectivity index (χ4n) is 5.02. The van der Waals surface area contributed by atoms with Crippen molar-refractivity contribution in [3.05, 3.63) is 41.1 Å². The molecule has 0 radical (unpaired) electrons. The van der Waals surface area contributed by atoms with Crippen LogP contribution in [-0.4, -0.2) is 51.6 Å². The van der Waals surface area contributed by atoms with Gasteiger partial charge in [0.1, 0.15) is 35.3 Å². The average molecular weight is 512 g/mol. The molecule has 0 spiro atoms. The third-order valence-corrected chi connectivity index (χ3v) is 7.20. The van der Waals surface area contributed by atoms with E-state index >= 15 is 4.39 Å². The Balaban J connectivity index is 1.44. The van der Waals surface area contributed by atoms with Gasteiger partial charge in [-0.25, -0.2) is 18.7 Å². The van der Waals surface area contributed by atoms with Crippen LogP contribution in [-0.2, 0) is 4.79 Å². The quantitative estimate of drug-likeness (QED) is 0.438. The predicted octanol–water partition coefficient (Wildman–Crippen LogP) is 4.29. The van der Waals surface area contributed by atoms with E-state index in [0.29, 0.717) is 59.1 Å². The van der Waals surface area contributed by atoms with Gasteiger partial charge in [-0.3, -0.25) is 9.59 Å². The van der Waals surface area contributed by atoms with Crippen LogP contribution in [0.15, 0.2) is 18.5 Å². The number of aryl methyl sites for hydroxylation is 2. The van der Waals surface area contributed by atoms with Crippen molar-refractivity contribution < 1.29 is 23.1 Å². The molecule has 1 aromatic carbocycles. The number of hydrogen-bond acceptors (Lipinski definition) is 5. The maximum Gasteiger partial charge on any atom is 0.255 e. The minimum atomic E-state index is -1.29. The molecule has 196 valence electrons. The van der Waals surface area contributed by atoms with Crippen LogP contribution in [0.25, 0.3) is 22.3 Å². The molecule has 2 aliphatic rings. The number of aromatic nitrogens is 3. The Kier molecular flexibility index (Phi) is 6.83. The molecule has 2 aliphatic carbocycles. The van der Waals surface area contributed by atoms with Crippen molar-refractivity contribution in [3.63, 3.8) is 0 Å². The number of ether oxygens (including phenoxy) is 1. The Labute approximate surface area is 213 Å². The molecule has 0 unspecified atom stereocenters. The zero-order chi connectivity index (χ0) is 26.3. The highest BCUT2D eigenvalue weighted by atomic mass is 19.1. The fraction of sp³-hybridized carbons (Fsp3) is 0.481. The number of benzene rings is 1. The lowest BCUT2D eigenvalue weighted by Gasteiger charge is -2.32. The summed E-state index contributed by atoms with van der Waals surface area (Å²) >= 11 is 0. The summed E-state index contributed by atoms with van der Waals surface area (Å²) in [6.07, 6.45) is 3.31. The summed E-state index contributed by atoms with van der Waals surface area (Å²) in [5, 5.41) is 5.55. The number of nitrogens with zero attached hydrogens (tertiary/aromatic N) is 2. The first-order valence-corrected chi connectivity index (χ1v) is 12.7. The number of rotatable bonds is 7.